The Bertz CT molecular complexity index is 1470. The third-order valence-corrected chi connectivity index (χ3v) is 6.16. The summed E-state index contributed by atoms with van der Waals surface area (Å²) in [5, 5.41) is 6.91. The minimum absolute atomic E-state index is 0.0653. The summed E-state index contributed by atoms with van der Waals surface area (Å²) in [5.41, 5.74) is 6.15. The number of nitrogens with one attached hydrogen (secondary N) is 2. The van der Waals surface area contributed by atoms with Crippen molar-refractivity contribution in [3.63, 3.8) is 0 Å². The van der Waals surface area contributed by atoms with E-state index in [0.29, 0.717) is 23.4 Å². The summed E-state index contributed by atoms with van der Waals surface area (Å²) in [4.78, 5) is 25.2. The highest BCUT2D eigenvalue weighted by atomic mass is 19.4. The molecule has 0 unspecified atom stereocenters. The van der Waals surface area contributed by atoms with Gasteiger partial charge in [-0.05, 0) is 48.4 Å². The zero-order valence-electron chi connectivity index (χ0n) is 19.9. The third kappa shape index (κ3) is 5.40. The molecule has 0 radical (unpaired) electrons. The van der Waals surface area contributed by atoms with Gasteiger partial charge >= 0.3 is 6.18 Å². The Morgan fingerprint density at radius 3 is 2.62 bits per heavy atom. The molecule has 0 bridgehead atoms. The summed E-state index contributed by atoms with van der Waals surface area (Å²) >= 11 is 0. The van der Waals surface area contributed by atoms with Crippen molar-refractivity contribution in [2.24, 2.45) is 5.16 Å². The highest BCUT2D eigenvalue weighted by molar-refractivity contribution is 5.99. The van der Waals surface area contributed by atoms with Crippen molar-refractivity contribution in [3.8, 4) is 22.5 Å². The average molecular weight is 505 g/mol. The fraction of sp³-hybridized carbons (Fsp3) is 0.179. The number of oxime groups is 1. The SMILES string of the molecule is C/C(=N\OCc1cccc(C(F)(F)F)c1)c1ccc(-c2cc(-c3cc4c([nH]3)CCNC4=O)ccn2)cc1. The smallest absolute Gasteiger partial charge is 0.391 e. The van der Waals surface area contributed by atoms with Crippen molar-refractivity contribution >= 4 is 11.6 Å². The van der Waals surface area contributed by atoms with E-state index in [1.807, 2.05) is 42.5 Å². The van der Waals surface area contributed by atoms with Crippen LogP contribution in [0.15, 0.2) is 78.1 Å². The predicted octanol–water partition coefficient (Wildman–Crippen LogP) is 5.99. The van der Waals surface area contributed by atoms with Gasteiger partial charge in [0.15, 0.2) is 0 Å². The predicted molar refractivity (Wildman–Crippen MR) is 134 cm³/mol. The zero-order valence-corrected chi connectivity index (χ0v) is 19.9. The van der Waals surface area contributed by atoms with Crippen LogP contribution in [0.5, 0.6) is 0 Å². The first-order valence-corrected chi connectivity index (χ1v) is 11.7. The summed E-state index contributed by atoms with van der Waals surface area (Å²) in [6.07, 6.45) is -1.90. The number of hydrogen-bond acceptors (Lipinski definition) is 4. The molecule has 3 heterocycles. The number of aromatic nitrogens is 2. The molecule has 0 aliphatic carbocycles. The van der Waals surface area contributed by atoms with Gasteiger partial charge in [-0.15, -0.1) is 0 Å². The number of amides is 1. The van der Waals surface area contributed by atoms with E-state index in [-0.39, 0.29) is 12.5 Å². The second-order valence-electron chi connectivity index (χ2n) is 8.74. The van der Waals surface area contributed by atoms with E-state index in [2.05, 4.69) is 20.4 Å². The molecule has 0 spiro atoms. The van der Waals surface area contributed by atoms with Crippen molar-refractivity contribution in [3.05, 3.63) is 101 Å². The Morgan fingerprint density at radius 1 is 1.05 bits per heavy atom. The lowest BCUT2D eigenvalue weighted by Gasteiger charge is -2.11. The molecule has 1 aliphatic rings. The van der Waals surface area contributed by atoms with Gasteiger partial charge in [-0.1, -0.05) is 41.6 Å². The molecule has 1 amide bonds. The first kappa shape index (κ1) is 24.3. The van der Waals surface area contributed by atoms with Gasteiger partial charge < -0.3 is 15.1 Å². The number of alkyl halides is 3. The lowest BCUT2D eigenvalue weighted by atomic mass is 10.0. The molecule has 0 saturated heterocycles. The largest absolute Gasteiger partial charge is 0.416 e. The van der Waals surface area contributed by atoms with Crippen LogP contribution in [-0.4, -0.2) is 28.1 Å². The van der Waals surface area contributed by atoms with E-state index in [9.17, 15) is 18.0 Å². The molecule has 37 heavy (non-hydrogen) atoms. The summed E-state index contributed by atoms with van der Waals surface area (Å²) in [7, 11) is 0. The lowest BCUT2D eigenvalue weighted by molar-refractivity contribution is -0.137. The standard InChI is InChI=1S/C28H23F3N4O2/c1-17(35-37-16-18-3-2-4-22(13-18)28(29,30)31)19-5-7-20(8-6-19)25-14-21(9-11-32-25)26-15-23-24(34-26)10-12-33-27(23)36/h2-9,11,13-15,34H,10,12,16H2,1H3,(H,33,36)/b35-17+. The summed E-state index contributed by atoms with van der Waals surface area (Å²) in [6, 6.07) is 18.3. The number of rotatable bonds is 6. The van der Waals surface area contributed by atoms with Crippen LogP contribution in [0, 0.1) is 0 Å². The number of carbonyl (C=O) groups is 1. The Hall–Kier alpha value is -4.40. The van der Waals surface area contributed by atoms with Gasteiger partial charge in [0, 0.05) is 41.7 Å². The lowest BCUT2D eigenvalue weighted by Crippen LogP contribution is -2.31. The Labute approximate surface area is 211 Å². The number of aromatic amines is 1. The molecule has 2 N–H and O–H groups in total. The van der Waals surface area contributed by atoms with Crippen molar-refractivity contribution in [2.45, 2.75) is 26.1 Å². The molecule has 188 valence electrons. The van der Waals surface area contributed by atoms with E-state index in [4.69, 9.17) is 4.84 Å². The minimum Gasteiger partial charge on any atom is -0.391 e. The van der Waals surface area contributed by atoms with Gasteiger partial charge in [0.2, 0.25) is 0 Å². The number of pyridine rings is 1. The molecule has 0 saturated carbocycles. The number of hydrogen-bond donors (Lipinski definition) is 2. The van der Waals surface area contributed by atoms with Crippen molar-refractivity contribution < 1.29 is 22.8 Å². The molecule has 6 nitrogen and oxygen atoms in total. The van der Waals surface area contributed by atoms with E-state index in [1.165, 1.54) is 6.07 Å². The van der Waals surface area contributed by atoms with Crippen LogP contribution in [0.3, 0.4) is 0 Å². The first-order chi connectivity index (χ1) is 17.8. The quantitative estimate of drug-likeness (QED) is 0.250. The van der Waals surface area contributed by atoms with Gasteiger partial charge in [-0.3, -0.25) is 9.78 Å². The summed E-state index contributed by atoms with van der Waals surface area (Å²) < 4.78 is 38.6. The van der Waals surface area contributed by atoms with E-state index in [0.717, 1.165) is 52.3 Å². The van der Waals surface area contributed by atoms with Gasteiger partial charge in [-0.25, -0.2) is 0 Å². The van der Waals surface area contributed by atoms with Crippen LogP contribution in [-0.2, 0) is 24.0 Å². The van der Waals surface area contributed by atoms with Crippen molar-refractivity contribution in [2.75, 3.05) is 6.54 Å². The molecule has 0 fully saturated rings. The maximum Gasteiger partial charge on any atom is 0.416 e. The number of carbonyl (C=O) groups excluding carboxylic acids is 1. The molecule has 5 rings (SSSR count). The van der Waals surface area contributed by atoms with Crippen LogP contribution in [0.4, 0.5) is 13.2 Å². The first-order valence-electron chi connectivity index (χ1n) is 11.7. The molecule has 0 atom stereocenters. The molecule has 9 heteroatoms. The number of fused-ring (bicyclic) bond motifs is 1. The fourth-order valence-corrected chi connectivity index (χ4v) is 4.18. The monoisotopic (exact) mass is 504 g/mol. The van der Waals surface area contributed by atoms with Gasteiger partial charge in [0.1, 0.15) is 6.61 Å². The highest BCUT2D eigenvalue weighted by Crippen LogP contribution is 2.30. The molecule has 2 aromatic heterocycles. The van der Waals surface area contributed by atoms with Gasteiger partial charge in [0.25, 0.3) is 5.91 Å². The fourth-order valence-electron chi connectivity index (χ4n) is 4.18. The van der Waals surface area contributed by atoms with E-state index >= 15 is 0 Å². The van der Waals surface area contributed by atoms with Gasteiger partial charge in [-0.2, -0.15) is 13.2 Å². The molecule has 1 aliphatic heterocycles. The number of nitrogens with zero attached hydrogens (tertiary/aromatic N) is 2. The molecular weight excluding hydrogens is 481 g/mol. The van der Waals surface area contributed by atoms with Crippen LogP contribution in [0.1, 0.15) is 39.7 Å². The maximum absolute atomic E-state index is 12.9. The number of benzene rings is 2. The number of H-pyrrole nitrogens is 1. The third-order valence-electron chi connectivity index (χ3n) is 6.16. The normalized spacial score (nSPS) is 13.7. The second-order valence-corrected chi connectivity index (χ2v) is 8.74. The van der Waals surface area contributed by atoms with Crippen LogP contribution >= 0.6 is 0 Å². The van der Waals surface area contributed by atoms with Crippen molar-refractivity contribution in [1.82, 2.24) is 15.3 Å². The zero-order chi connectivity index (χ0) is 26.0. The highest BCUT2D eigenvalue weighted by Gasteiger charge is 2.30. The van der Waals surface area contributed by atoms with E-state index < -0.39 is 11.7 Å². The second kappa shape index (κ2) is 9.93. The van der Waals surface area contributed by atoms with E-state index in [1.54, 1.807) is 19.2 Å². The average Bonchev–Trinajstić information content (AvgIpc) is 3.35. The molecule has 2 aromatic carbocycles. The van der Waals surface area contributed by atoms with Crippen molar-refractivity contribution in [1.29, 1.82) is 0 Å². The Morgan fingerprint density at radius 2 is 1.86 bits per heavy atom. The summed E-state index contributed by atoms with van der Waals surface area (Å²) in [5.74, 6) is -0.0653. The van der Waals surface area contributed by atoms with Gasteiger partial charge in [0.05, 0.1) is 22.5 Å². The van der Waals surface area contributed by atoms with Crippen LogP contribution in [0.25, 0.3) is 22.5 Å². The minimum atomic E-state index is -4.40. The van der Waals surface area contributed by atoms with Crippen LogP contribution < -0.4 is 5.32 Å². The maximum atomic E-state index is 12.9. The summed E-state index contributed by atoms with van der Waals surface area (Å²) in [6.45, 7) is 2.32. The molecular formula is C28H23F3N4O2. The molecule has 4 aromatic rings. The topological polar surface area (TPSA) is 79.4 Å². The number of halogens is 3. The Kier molecular flexibility index (Phi) is 6.52. The Balaban J connectivity index is 1.27. The van der Waals surface area contributed by atoms with Crippen LogP contribution in [0.2, 0.25) is 0 Å².